The third kappa shape index (κ3) is 3.78. The fourth-order valence-electron chi connectivity index (χ4n) is 3.23. The molecule has 0 atom stereocenters. The fraction of sp³-hybridized carbons (Fsp3) is 0.350. The van der Waals surface area contributed by atoms with E-state index < -0.39 is 0 Å². The van der Waals surface area contributed by atoms with E-state index in [1.54, 1.807) is 0 Å². The summed E-state index contributed by atoms with van der Waals surface area (Å²) in [5.74, 6) is 0.589. The van der Waals surface area contributed by atoms with Crippen LogP contribution in [-0.4, -0.2) is 51.6 Å². The Labute approximate surface area is 158 Å². The number of benzene rings is 1. The second-order valence-corrected chi connectivity index (χ2v) is 6.59. The zero-order chi connectivity index (χ0) is 18.6. The van der Waals surface area contributed by atoms with Gasteiger partial charge in [0.2, 0.25) is 5.95 Å². The van der Waals surface area contributed by atoms with Gasteiger partial charge in [0.15, 0.2) is 0 Å². The van der Waals surface area contributed by atoms with Crippen molar-refractivity contribution in [3.05, 3.63) is 48.3 Å². The van der Waals surface area contributed by atoms with Crippen LogP contribution in [-0.2, 0) is 11.3 Å². The second-order valence-electron chi connectivity index (χ2n) is 6.59. The van der Waals surface area contributed by atoms with Gasteiger partial charge in [-0.1, -0.05) is 6.92 Å². The van der Waals surface area contributed by atoms with Gasteiger partial charge in [-0.3, -0.25) is 4.79 Å². The molecule has 0 bridgehead atoms. The highest BCUT2D eigenvalue weighted by molar-refractivity contribution is 5.94. The third-order valence-electron chi connectivity index (χ3n) is 4.65. The van der Waals surface area contributed by atoms with Gasteiger partial charge in [0.1, 0.15) is 5.65 Å². The van der Waals surface area contributed by atoms with Gasteiger partial charge in [-0.2, -0.15) is 4.98 Å². The van der Waals surface area contributed by atoms with Gasteiger partial charge < -0.3 is 19.5 Å². The number of hydrogen-bond donors (Lipinski definition) is 1. The predicted molar refractivity (Wildman–Crippen MR) is 104 cm³/mol. The van der Waals surface area contributed by atoms with Gasteiger partial charge in [0.05, 0.1) is 13.2 Å². The topological polar surface area (TPSA) is 72.3 Å². The van der Waals surface area contributed by atoms with Gasteiger partial charge in [-0.05, 0) is 36.8 Å². The summed E-state index contributed by atoms with van der Waals surface area (Å²) >= 11 is 0. The van der Waals surface area contributed by atoms with Gasteiger partial charge in [0.25, 0.3) is 5.91 Å². The van der Waals surface area contributed by atoms with Crippen LogP contribution in [0.5, 0.6) is 0 Å². The molecule has 140 valence electrons. The number of carbonyl (C=O) groups excluding carboxylic acids is 1. The average Bonchev–Trinajstić information content (AvgIpc) is 3.11. The van der Waals surface area contributed by atoms with Gasteiger partial charge >= 0.3 is 0 Å². The monoisotopic (exact) mass is 365 g/mol. The zero-order valence-electron chi connectivity index (χ0n) is 15.4. The van der Waals surface area contributed by atoms with E-state index in [4.69, 9.17) is 4.74 Å². The van der Waals surface area contributed by atoms with E-state index in [2.05, 4.69) is 26.8 Å². The van der Waals surface area contributed by atoms with Crippen molar-refractivity contribution in [3.8, 4) is 0 Å². The SMILES string of the molecule is CCCn1ccc2cnc(Nc3ccc(C(=O)N4CCOCC4)cc3)nc21. The summed E-state index contributed by atoms with van der Waals surface area (Å²) < 4.78 is 7.43. The molecular weight excluding hydrogens is 342 g/mol. The maximum absolute atomic E-state index is 12.5. The number of aromatic nitrogens is 3. The molecule has 1 aliphatic rings. The molecule has 0 aliphatic carbocycles. The molecule has 0 unspecified atom stereocenters. The number of rotatable bonds is 5. The van der Waals surface area contributed by atoms with E-state index in [0.717, 1.165) is 29.7 Å². The van der Waals surface area contributed by atoms with Crippen LogP contribution in [0.2, 0.25) is 0 Å². The number of carbonyl (C=O) groups is 1. The van der Waals surface area contributed by atoms with Crippen molar-refractivity contribution < 1.29 is 9.53 Å². The van der Waals surface area contributed by atoms with Gasteiger partial charge in [0, 0.05) is 48.7 Å². The van der Waals surface area contributed by atoms with Gasteiger partial charge in [-0.25, -0.2) is 4.98 Å². The quantitative estimate of drug-likeness (QED) is 0.752. The molecular formula is C20H23N5O2. The van der Waals surface area contributed by atoms with E-state index in [0.29, 0.717) is 37.8 Å². The largest absolute Gasteiger partial charge is 0.378 e. The normalized spacial score (nSPS) is 14.5. The number of hydrogen-bond acceptors (Lipinski definition) is 5. The standard InChI is InChI=1S/C20H23N5O2/c1-2-8-24-9-7-16-14-21-20(23-18(16)24)22-17-5-3-15(4-6-17)19(26)25-10-12-27-13-11-25/h3-7,9,14H,2,8,10-13H2,1H3,(H,21,22,23). The van der Waals surface area contributed by atoms with Crippen LogP contribution in [0.3, 0.4) is 0 Å². The second kappa shape index (κ2) is 7.75. The Hall–Kier alpha value is -2.93. The Kier molecular flexibility index (Phi) is 5.02. The fourth-order valence-corrected chi connectivity index (χ4v) is 3.23. The summed E-state index contributed by atoms with van der Waals surface area (Å²) in [6.45, 7) is 5.56. The first-order valence-corrected chi connectivity index (χ1v) is 9.30. The van der Waals surface area contributed by atoms with Crippen molar-refractivity contribution >= 4 is 28.6 Å². The Bertz CT molecular complexity index is 929. The molecule has 3 aromatic rings. The minimum atomic E-state index is 0.0416. The lowest BCUT2D eigenvalue weighted by atomic mass is 10.1. The van der Waals surface area contributed by atoms with Crippen LogP contribution < -0.4 is 5.32 Å². The minimum Gasteiger partial charge on any atom is -0.378 e. The van der Waals surface area contributed by atoms with Crippen LogP contribution in [0.25, 0.3) is 11.0 Å². The lowest BCUT2D eigenvalue weighted by Gasteiger charge is -2.26. The Morgan fingerprint density at radius 1 is 1.19 bits per heavy atom. The molecule has 2 aromatic heterocycles. The highest BCUT2D eigenvalue weighted by atomic mass is 16.5. The maximum Gasteiger partial charge on any atom is 0.254 e. The maximum atomic E-state index is 12.5. The highest BCUT2D eigenvalue weighted by Gasteiger charge is 2.18. The number of aryl methyl sites for hydroxylation is 1. The number of anilines is 2. The Morgan fingerprint density at radius 2 is 1.96 bits per heavy atom. The number of amides is 1. The van der Waals surface area contributed by atoms with Crippen molar-refractivity contribution in [2.24, 2.45) is 0 Å². The van der Waals surface area contributed by atoms with Crippen LogP contribution >= 0.6 is 0 Å². The number of ether oxygens (including phenoxy) is 1. The van der Waals surface area contributed by atoms with Crippen molar-refractivity contribution in [2.75, 3.05) is 31.6 Å². The highest BCUT2D eigenvalue weighted by Crippen LogP contribution is 2.19. The first kappa shape index (κ1) is 17.5. The van der Waals surface area contributed by atoms with E-state index in [1.807, 2.05) is 47.6 Å². The number of nitrogens with one attached hydrogen (secondary N) is 1. The summed E-state index contributed by atoms with van der Waals surface area (Å²) in [5, 5.41) is 4.25. The molecule has 0 radical (unpaired) electrons. The molecule has 7 heteroatoms. The Morgan fingerprint density at radius 3 is 2.70 bits per heavy atom. The molecule has 1 aliphatic heterocycles. The molecule has 0 spiro atoms. The predicted octanol–water partition coefficient (Wildman–Crippen LogP) is 3.06. The molecule has 1 saturated heterocycles. The molecule has 0 saturated carbocycles. The van der Waals surface area contributed by atoms with Crippen molar-refractivity contribution in [1.82, 2.24) is 19.4 Å². The molecule has 1 amide bonds. The van der Waals surface area contributed by atoms with E-state index >= 15 is 0 Å². The summed E-state index contributed by atoms with van der Waals surface area (Å²) in [7, 11) is 0. The van der Waals surface area contributed by atoms with E-state index in [-0.39, 0.29) is 5.91 Å². The van der Waals surface area contributed by atoms with Crippen LogP contribution in [0.15, 0.2) is 42.7 Å². The van der Waals surface area contributed by atoms with Crippen LogP contribution in [0.1, 0.15) is 23.7 Å². The van der Waals surface area contributed by atoms with Crippen molar-refractivity contribution in [3.63, 3.8) is 0 Å². The first-order valence-electron chi connectivity index (χ1n) is 9.30. The summed E-state index contributed by atoms with van der Waals surface area (Å²) in [6, 6.07) is 9.45. The Balaban J connectivity index is 1.48. The molecule has 4 rings (SSSR count). The number of morpholine rings is 1. The molecule has 3 heterocycles. The molecule has 1 N–H and O–H groups in total. The zero-order valence-corrected chi connectivity index (χ0v) is 15.4. The third-order valence-corrected chi connectivity index (χ3v) is 4.65. The van der Waals surface area contributed by atoms with Crippen molar-refractivity contribution in [2.45, 2.75) is 19.9 Å². The summed E-state index contributed by atoms with van der Waals surface area (Å²) in [4.78, 5) is 23.3. The van der Waals surface area contributed by atoms with Crippen LogP contribution in [0, 0.1) is 0 Å². The number of nitrogens with zero attached hydrogens (tertiary/aromatic N) is 4. The molecule has 7 nitrogen and oxygen atoms in total. The number of fused-ring (bicyclic) bond motifs is 1. The minimum absolute atomic E-state index is 0.0416. The van der Waals surface area contributed by atoms with E-state index in [1.165, 1.54) is 0 Å². The average molecular weight is 365 g/mol. The first-order chi connectivity index (χ1) is 13.2. The van der Waals surface area contributed by atoms with Crippen molar-refractivity contribution in [1.29, 1.82) is 0 Å². The van der Waals surface area contributed by atoms with Gasteiger partial charge in [-0.15, -0.1) is 0 Å². The summed E-state index contributed by atoms with van der Waals surface area (Å²) in [5.41, 5.74) is 2.45. The summed E-state index contributed by atoms with van der Waals surface area (Å²) in [6.07, 6.45) is 4.92. The van der Waals surface area contributed by atoms with E-state index in [9.17, 15) is 4.79 Å². The smallest absolute Gasteiger partial charge is 0.254 e. The molecule has 1 aromatic carbocycles. The molecule has 27 heavy (non-hydrogen) atoms. The molecule has 1 fully saturated rings. The van der Waals surface area contributed by atoms with Crippen LogP contribution in [0.4, 0.5) is 11.6 Å². The lowest BCUT2D eigenvalue weighted by Crippen LogP contribution is -2.40. The lowest BCUT2D eigenvalue weighted by molar-refractivity contribution is 0.0303.